The Hall–Kier alpha value is -1.21. The first kappa shape index (κ1) is 12.9. The van der Waals surface area contributed by atoms with Gasteiger partial charge in [0.2, 0.25) is 0 Å². The van der Waals surface area contributed by atoms with Crippen molar-refractivity contribution in [2.75, 3.05) is 14.2 Å². The Morgan fingerprint density at radius 3 is 2.31 bits per heavy atom. The van der Waals surface area contributed by atoms with E-state index in [1.165, 1.54) is 0 Å². The van der Waals surface area contributed by atoms with Crippen molar-refractivity contribution in [3.05, 3.63) is 22.2 Å². The lowest BCUT2D eigenvalue weighted by Crippen LogP contribution is -2.15. The van der Waals surface area contributed by atoms with Crippen LogP contribution in [-0.2, 0) is 5.41 Å². The van der Waals surface area contributed by atoms with Gasteiger partial charge in [-0.05, 0) is 26.0 Å². The van der Waals surface area contributed by atoms with Crippen molar-refractivity contribution in [2.45, 2.75) is 19.3 Å². The molecule has 0 aromatic heterocycles. The zero-order valence-corrected chi connectivity index (χ0v) is 11.4. The highest BCUT2D eigenvalue weighted by atomic mass is 79.9. The van der Waals surface area contributed by atoms with Gasteiger partial charge in [0.25, 0.3) is 0 Å². The van der Waals surface area contributed by atoms with Crippen LogP contribution in [0.25, 0.3) is 0 Å². The maximum atomic E-state index is 9.16. The highest BCUT2D eigenvalue weighted by molar-refractivity contribution is 9.10. The number of hydrogen-bond acceptors (Lipinski definition) is 3. The summed E-state index contributed by atoms with van der Waals surface area (Å²) in [6, 6.07) is 5.95. The third-order valence-corrected chi connectivity index (χ3v) is 2.85. The van der Waals surface area contributed by atoms with E-state index in [1.54, 1.807) is 14.2 Å². The molecule has 0 aliphatic rings. The first-order valence-electron chi connectivity index (χ1n) is 4.79. The molecule has 16 heavy (non-hydrogen) atoms. The Balaban J connectivity index is 3.50. The van der Waals surface area contributed by atoms with Gasteiger partial charge in [0.15, 0.2) is 11.5 Å². The molecule has 1 aromatic rings. The van der Waals surface area contributed by atoms with Gasteiger partial charge in [-0.15, -0.1) is 0 Å². The second kappa shape index (κ2) is 4.75. The lowest BCUT2D eigenvalue weighted by Gasteiger charge is -2.21. The van der Waals surface area contributed by atoms with E-state index in [0.717, 1.165) is 10.0 Å². The van der Waals surface area contributed by atoms with Gasteiger partial charge in [-0.2, -0.15) is 5.26 Å². The minimum Gasteiger partial charge on any atom is -0.493 e. The van der Waals surface area contributed by atoms with Gasteiger partial charge in [0, 0.05) is 10.0 Å². The second-order valence-electron chi connectivity index (χ2n) is 3.93. The second-order valence-corrected chi connectivity index (χ2v) is 4.84. The summed E-state index contributed by atoms with van der Waals surface area (Å²) in [6.45, 7) is 3.69. The molecule has 0 radical (unpaired) electrons. The fraction of sp³-hybridized carbons (Fsp3) is 0.417. The highest BCUT2D eigenvalue weighted by Crippen LogP contribution is 2.40. The van der Waals surface area contributed by atoms with E-state index in [1.807, 2.05) is 26.0 Å². The van der Waals surface area contributed by atoms with Crippen molar-refractivity contribution in [3.63, 3.8) is 0 Å². The van der Waals surface area contributed by atoms with E-state index in [2.05, 4.69) is 22.0 Å². The Morgan fingerprint density at radius 2 is 1.88 bits per heavy atom. The van der Waals surface area contributed by atoms with Gasteiger partial charge in [-0.1, -0.05) is 15.9 Å². The summed E-state index contributed by atoms with van der Waals surface area (Å²) in [7, 11) is 3.15. The summed E-state index contributed by atoms with van der Waals surface area (Å²) in [5, 5.41) is 9.16. The molecule has 0 spiro atoms. The Labute approximate surface area is 104 Å². The summed E-state index contributed by atoms with van der Waals surface area (Å²) >= 11 is 3.39. The molecule has 0 bridgehead atoms. The van der Waals surface area contributed by atoms with Gasteiger partial charge in [-0.25, -0.2) is 0 Å². The number of halogens is 1. The quantitative estimate of drug-likeness (QED) is 0.855. The standard InChI is InChI=1S/C12H14BrNO2/c1-12(2,7-14)9-5-8(13)6-10(15-3)11(9)16-4/h5-6H,1-4H3. The number of hydrogen-bond donors (Lipinski definition) is 0. The van der Waals surface area contributed by atoms with Crippen LogP contribution in [0.1, 0.15) is 19.4 Å². The zero-order valence-electron chi connectivity index (χ0n) is 9.80. The molecular weight excluding hydrogens is 270 g/mol. The minimum absolute atomic E-state index is 0.609. The van der Waals surface area contributed by atoms with Crippen LogP contribution >= 0.6 is 15.9 Å². The Kier molecular flexibility index (Phi) is 3.82. The molecule has 0 aliphatic carbocycles. The maximum absolute atomic E-state index is 9.16. The van der Waals surface area contributed by atoms with Crippen molar-refractivity contribution in [1.29, 1.82) is 5.26 Å². The van der Waals surface area contributed by atoms with E-state index in [9.17, 15) is 0 Å². The number of methoxy groups -OCH3 is 2. The Bertz CT molecular complexity index is 435. The summed E-state index contributed by atoms with van der Waals surface area (Å²) in [5.41, 5.74) is 0.186. The van der Waals surface area contributed by atoms with Crippen molar-refractivity contribution in [3.8, 4) is 17.6 Å². The Morgan fingerprint density at radius 1 is 1.25 bits per heavy atom. The summed E-state index contributed by atoms with van der Waals surface area (Å²) in [4.78, 5) is 0. The van der Waals surface area contributed by atoms with E-state index in [-0.39, 0.29) is 0 Å². The van der Waals surface area contributed by atoms with Crippen LogP contribution in [0.2, 0.25) is 0 Å². The van der Waals surface area contributed by atoms with E-state index in [4.69, 9.17) is 14.7 Å². The van der Waals surface area contributed by atoms with E-state index in [0.29, 0.717) is 11.5 Å². The number of nitrogens with zero attached hydrogens (tertiary/aromatic N) is 1. The van der Waals surface area contributed by atoms with E-state index < -0.39 is 5.41 Å². The molecule has 0 fully saturated rings. The molecule has 0 heterocycles. The molecule has 0 atom stereocenters. The van der Waals surface area contributed by atoms with Gasteiger partial charge in [0.05, 0.1) is 25.7 Å². The number of ether oxygens (including phenoxy) is 2. The monoisotopic (exact) mass is 283 g/mol. The number of nitriles is 1. The fourth-order valence-corrected chi connectivity index (χ4v) is 1.89. The molecule has 0 saturated heterocycles. The van der Waals surface area contributed by atoms with Crippen molar-refractivity contribution >= 4 is 15.9 Å². The third-order valence-electron chi connectivity index (χ3n) is 2.40. The van der Waals surface area contributed by atoms with Crippen molar-refractivity contribution < 1.29 is 9.47 Å². The predicted octanol–water partition coefficient (Wildman–Crippen LogP) is 3.27. The van der Waals surface area contributed by atoms with Crippen molar-refractivity contribution in [2.24, 2.45) is 0 Å². The van der Waals surface area contributed by atoms with Crippen LogP contribution in [0.4, 0.5) is 0 Å². The van der Waals surface area contributed by atoms with Crippen LogP contribution in [0, 0.1) is 11.3 Å². The van der Waals surface area contributed by atoms with Gasteiger partial charge in [0.1, 0.15) is 0 Å². The molecule has 0 N–H and O–H groups in total. The SMILES string of the molecule is COc1cc(Br)cc(C(C)(C)C#N)c1OC. The average molecular weight is 284 g/mol. The molecule has 1 rings (SSSR count). The maximum Gasteiger partial charge on any atom is 0.165 e. The van der Waals surface area contributed by atoms with Crippen LogP contribution in [0.5, 0.6) is 11.5 Å². The summed E-state index contributed by atoms with van der Waals surface area (Å²) in [5.74, 6) is 1.23. The smallest absolute Gasteiger partial charge is 0.165 e. The van der Waals surface area contributed by atoms with Crippen LogP contribution < -0.4 is 9.47 Å². The molecule has 0 aliphatic heterocycles. The van der Waals surface area contributed by atoms with E-state index >= 15 is 0 Å². The summed E-state index contributed by atoms with van der Waals surface area (Å²) < 4.78 is 11.4. The van der Waals surface area contributed by atoms with Crippen LogP contribution in [0.15, 0.2) is 16.6 Å². The average Bonchev–Trinajstić information content (AvgIpc) is 2.27. The molecule has 1 aromatic carbocycles. The third kappa shape index (κ3) is 2.30. The molecule has 4 heteroatoms. The first-order chi connectivity index (χ1) is 7.46. The van der Waals surface area contributed by atoms with Crippen LogP contribution in [-0.4, -0.2) is 14.2 Å². The molecule has 0 unspecified atom stereocenters. The van der Waals surface area contributed by atoms with Gasteiger partial charge < -0.3 is 9.47 Å². The predicted molar refractivity (Wildman–Crippen MR) is 65.9 cm³/mol. The molecule has 0 amide bonds. The first-order valence-corrected chi connectivity index (χ1v) is 5.59. The van der Waals surface area contributed by atoms with Crippen LogP contribution in [0.3, 0.4) is 0 Å². The number of rotatable bonds is 3. The molecular formula is C12H14BrNO2. The normalized spacial score (nSPS) is 10.8. The topological polar surface area (TPSA) is 42.2 Å². The van der Waals surface area contributed by atoms with Crippen molar-refractivity contribution in [1.82, 2.24) is 0 Å². The lowest BCUT2D eigenvalue weighted by molar-refractivity contribution is 0.347. The summed E-state index contributed by atoms with van der Waals surface area (Å²) in [6.07, 6.45) is 0. The minimum atomic E-state index is -0.623. The largest absolute Gasteiger partial charge is 0.493 e. The number of benzene rings is 1. The van der Waals surface area contributed by atoms with Gasteiger partial charge in [-0.3, -0.25) is 0 Å². The molecule has 0 saturated carbocycles. The fourth-order valence-electron chi connectivity index (χ4n) is 1.46. The lowest BCUT2D eigenvalue weighted by atomic mass is 9.85. The molecule has 86 valence electrons. The zero-order chi connectivity index (χ0) is 12.3. The highest BCUT2D eigenvalue weighted by Gasteiger charge is 2.26. The van der Waals surface area contributed by atoms with Gasteiger partial charge >= 0.3 is 0 Å². The molecule has 3 nitrogen and oxygen atoms in total.